The van der Waals surface area contributed by atoms with Gasteiger partial charge in [0.1, 0.15) is 0 Å². The number of benzene rings is 1. The Morgan fingerprint density at radius 2 is 1.94 bits per heavy atom. The lowest BCUT2D eigenvalue weighted by Crippen LogP contribution is -2.14. The van der Waals surface area contributed by atoms with Crippen molar-refractivity contribution in [3.05, 3.63) is 23.3 Å². The van der Waals surface area contributed by atoms with Crippen molar-refractivity contribution < 1.29 is 23.4 Å². The van der Waals surface area contributed by atoms with Crippen LogP contribution in [0.3, 0.4) is 0 Å². The monoisotopic (exact) mass is 247 g/mol. The fourth-order valence-corrected chi connectivity index (χ4v) is 2.16. The average molecular weight is 247 g/mol. The van der Waals surface area contributed by atoms with Crippen LogP contribution in [0.15, 0.2) is 12.1 Å². The average Bonchev–Trinajstić information content (AvgIpc) is 2.73. The molecule has 0 aliphatic carbocycles. The van der Waals surface area contributed by atoms with Crippen molar-refractivity contribution in [3.8, 4) is 11.5 Å². The molecule has 6 heteroatoms. The highest BCUT2D eigenvalue weighted by Gasteiger charge is 2.38. The van der Waals surface area contributed by atoms with Crippen LogP contribution in [0.2, 0.25) is 0 Å². The molecule has 94 valence electrons. The van der Waals surface area contributed by atoms with E-state index in [1.54, 1.807) is 0 Å². The Morgan fingerprint density at radius 3 is 2.47 bits per heavy atom. The molecule has 2 rings (SSSR count). The third kappa shape index (κ3) is 2.17. The lowest BCUT2D eigenvalue weighted by molar-refractivity contribution is -0.138. The van der Waals surface area contributed by atoms with E-state index < -0.39 is 29.2 Å². The molecule has 1 atom stereocenters. The summed E-state index contributed by atoms with van der Waals surface area (Å²) in [6, 6.07) is 1.67. The Bertz CT molecular complexity index is 425. The highest BCUT2D eigenvalue weighted by atomic mass is 19.4. The quantitative estimate of drug-likeness (QED) is 0.667. The number of hydrogen-bond acceptors (Lipinski definition) is 3. The van der Waals surface area contributed by atoms with Gasteiger partial charge in [-0.15, -0.1) is 0 Å². The number of alkyl halides is 3. The lowest BCUT2D eigenvalue weighted by Gasteiger charge is -2.19. The van der Waals surface area contributed by atoms with E-state index in [9.17, 15) is 23.4 Å². The standard InChI is InChI=1S/C11H12F3NO2/c12-11(13,14)7-1-2-8(16)10(17)9(7)6-3-4-15-5-6/h1-2,6,15-17H,3-5H2. The summed E-state index contributed by atoms with van der Waals surface area (Å²) in [5, 5.41) is 21.9. The molecule has 0 amide bonds. The molecule has 0 radical (unpaired) electrons. The van der Waals surface area contributed by atoms with E-state index >= 15 is 0 Å². The summed E-state index contributed by atoms with van der Waals surface area (Å²) in [5.74, 6) is -1.59. The van der Waals surface area contributed by atoms with Crippen LogP contribution in [-0.2, 0) is 6.18 Å². The zero-order chi connectivity index (χ0) is 12.6. The Labute approximate surface area is 95.9 Å². The maximum absolute atomic E-state index is 12.8. The molecule has 0 bridgehead atoms. The van der Waals surface area contributed by atoms with Crippen LogP contribution in [-0.4, -0.2) is 23.3 Å². The number of halogens is 3. The second-order valence-corrected chi connectivity index (χ2v) is 4.08. The summed E-state index contributed by atoms with van der Waals surface area (Å²) in [6.45, 7) is 0.983. The molecule has 0 aromatic heterocycles. The van der Waals surface area contributed by atoms with Crippen molar-refractivity contribution in [3.63, 3.8) is 0 Å². The Kier molecular flexibility index (Phi) is 2.91. The fraction of sp³-hybridized carbons (Fsp3) is 0.455. The van der Waals surface area contributed by atoms with Crippen LogP contribution in [0, 0.1) is 0 Å². The van der Waals surface area contributed by atoms with Gasteiger partial charge in [-0.05, 0) is 25.1 Å². The molecule has 1 aromatic carbocycles. The minimum Gasteiger partial charge on any atom is -0.504 e. The van der Waals surface area contributed by atoms with Crippen molar-refractivity contribution in [1.29, 1.82) is 0 Å². The third-order valence-electron chi connectivity index (χ3n) is 2.97. The predicted octanol–water partition coefficient (Wildman–Crippen LogP) is 2.19. The summed E-state index contributed by atoms with van der Waals surface area (Å²) >= 11 is 0. The molecule has 1 saturated heterocycles. The van der Waals surface area contributed by atoms with Gasteiger partial charge in [-0.1, -0.05) is 0 Å². The van der Waals surface area contributed by atoms with Gasteiger partial charge in [-0.25, -0.2) is 0 Å². The van der Waals surface area contributed by atoms with Crippen LogP contribution in [0.5, 0.6) is 11.5 Å². The SMILES string of the molecule is Oc1ccc(C(F)(F)F)c(C2CCNC2)c1O. The number of nitrogens with one attached hydrogen (secondary N) is 1. The maximum Gasteiger partial charge on any atom is 0.416 e. The molecule has 1 heterocycles. The van der Waals surface area contributed by atoms with Gasteiger partial charge in [0, 0.05) is 18.0 Å². The van der Waals surface area contributed by atoms with E-state index in [4.69, 9.17) is 0 Å². The van der Waals surface area contributed by atoms with Crippen LogP contribution in [0.25, 0.3) is 0 Å². The number of phenolic OH excluding ortho intramolecular Hbond substituents is 2. The second-order valence-electron chi connectivity index (χ2n) is 4.08. The second kappa shape index (κ2) is 4.10. The molecule has 0 spiro atoms. The topological polar surface area (TPSA) is 52.5 Å². The van der Waals surface area contributed by atoms with E-state index in [1.165, 1.54) is 0 Å². The Morgan fingerprint density at radius 1 is 1.24 bits per heavy atom. The van der Waals surface area contributed by atoms with Crippen LogP contribution >= 0.6 is 0 Å². The van der Waals surface area contributed by atoms with Gasteiger partial charge >= 0.3 is 6.18 Å². The first kappa shape index (κ1) is 12.0. The van der Waals surface area contributed by atoms with Crippen molar-refractivity contribution in [2.75, 3.05) is 13.1 Å². The number of phenols is 2. The lowest BCUT2D eigenvalue weighted by atomic mass is 9.92. The molecule has 0 saturated carbocycles. The van der Waals surface area contributed by atoms with Gasteiger partial charge < -0.3 is 15.5 Å². The molecule has 1 unspecified atom stereocenters. The summed E-state index contributed by atoms with van der Waals surface area (Å²) in [5.41, 5.74) is -1.08. The summed E-state index contributed by atoms with van der Waals surface area (Å²) in [4.78, 5) is 0. The summed E-state index contributed by atoms with van der Waals surface area (Å²) in [6.07, 6.45) is -4.01. The van der Waals surface area contributed by atoms with E-state index in [0.29, 0.717) is 19.5 Å². The number of hydrogen-bond donors (Lipinski definition) is 3. The third-order valence-corrected chi connectivity index (χ3v) is 2.97. The predicted molar refractivity (Wildman–Crippen MR) is 55.0 cm³/mol. The number of aromatic hydroxyl groups is 2. The van der Waals surface area contributed by atoms with Gasteiger partial charge in [-0.3, -0.25) is 0 Å². The maximum atomic E-state index is 12.8. The Balaban J connectivity index is 2.55. The first-order chi connectivity index (χ1) is 7.91. The van der Waals surface area contributed by atoms with E-state index in [0.717, 1.165) is 12.1 Å². The van der Waals surface area contributed by atoms with Gasteiger partial charge in [-0.2, -0.15) is 13.2 Å². The van der Waals surface area contributed by atoms with E-state index in [2.05, 4.69) is 5.32 Å². The molecule has 1 fully saturated rings. The van der Waals surface area contributed by atoms with Crippen LogP contribution in [0.1, 0.15) is 23.5 Å². The molecule has 3 N–H and O–H groups in total. The summed E-state index contributed by atoms with van der Waals surface area (Å²) < 4.78 is 38.4. The molecular formula is C11H12F3NO2. The zero-order valence-electron chi connectivity index (χ0n) is 8.88. The Hall–Kier alpha value is -1.43. The van der Waals surface area contributed by atoms with Crippen LogP contribution in [0.4, 0.5) is 13.2 Å². The highest BCUT2D eigenvalue weighted by molar-refractivity contribution is 5.52. The van der Waals surface area contributed by atoms with Gasteiger partial charge in [0.05, 0.1) is 5.56 Å². The van der Waals surface area contributed by atoms with Gasteiger partial charge in [0.2, 0.25) is 0 Å². The fourth-order valence-electron chi connectivity index (χ4n) is 2.16. The van der Waals surface area contributed by atoms with E-state index in [1.807, 2.05) is 0 Å². The molecule has 1 aliphatic rings. The van der Waals surface area contributed by atoms with Gasteiger partial charge in [0.15, 0.2) is 11.5 Å². The zero-order valence-corrected chi connectivity index (χ0v) is 8.88. The van der Waals surface area contributed by atoms with Crippen molar-refractivity contribution in [1.82, 2.24) is 5.32 Å². The van der Waals surface area contributed by atoms with Crippen molar-refractivity contribution in [2.45, 2.75) is 18.5 Å². The molecule has 17 heavy (non-hydrogen) atoms. The van der Waals surface area contributed by atoms with Crippen molar-refractivity contribution >= 4 is 0 Å². The molecule has 3 nitrogen and oxygen atoms in total. The van der Waals surface area contributed by atoms with Crippen LogP contribution < -0.4 is 5.32 Å². The minimum absolute atomic E-state index is 0.206. The van der Waals surface area contributed by atoms with Gasteiger partial charge in [0.25, 0.3) is 0 Å². The highest BCUT2D eigenvalue weighted by Crippen LogP contribution is 2.44. The van der Waals surface area contributed by atoms with E-state index in [-0.39, 0.29) is 5.56 Å². The largest absolute Gasteiger partial charge is 0.504 e. The minimum atomic E-state index is -4.52. The van der Waals surface area contributed by atoms with Crippen molar-refractivity contribution in [2.24, 2.45) is 0 Å². The normalized spacial score (nSPS) is 20.8. The first-order valence-corrected chi connectivity index (χ1v) is 5.24. The number of rotatable bonds is 1. The molecule has 1 aromatic rings. The smallest absolute Gasteiger partial charge is 0.416 e. The molecular weight excluding hydrogens is 235 g/mol. The molecule has 1 aliphatic heterocycles. The summed E-state index contributed by atoms with van der Waals surface area (Å²) in [7, 11) is 0. The first-order valence-electron chi connectivity index (χ1n) is 5.24.